The lowest BCUT2D eigenvalue weighted by atomic mass is 9.89. The van der Waals surface area contributed by atoms with Gasteiger partial charge in [-0.05, 0) is 62.8 Å². The van der Waals surface area contributed by atoms with Gasteiger partial charge in [0.05, 0.1) is 15.5 Å². The Morgan fingerprint density at radius 1 is 0.903 bits per heavy atom. The highest BCUT2D eigenvalue weighted by molar-refractivity contribution is 7.89. The molecule has 1 aromatic rings. The molecule has 1 aliphatic carbocycles. The molecule has 1 aromatic carbocycles. The van der Waals surface area contributed by atoms with Gasteiger partial charge in [0, 0.05) is 39.3 Å². The summed E-state index contributed by atoms with van der Waals surface area (Å²) in [5.41, 5.74) is 0.294. The zero-order valence-electron chi connectivity index (χ0n) is 18.3. The summed E-state index contributed by atoms with van der Waals surface area (Å²) in [5, 5.41) is 0.314. The molecule has 3 fully saturated rings. The Morgan fingerprint density at radius 3 is 2.39 bits per heavy atom. The molecule has 0 aromatic heterocycles. The molecule has 31 heavy (non-hydrogen) atoms. The smallest absolute Gasteiger partial charge is 0.255 e. The first kappa shape index (κ1) is 23.0. The van der Waals surface area contributed by atoms with Crippen LogP contribution in [0.3, 0.4) is 0 Å². The van der Waals surface area contributed by atoms with E-state index in [9.17, 15) is 13.2 Å². The Morgan fingerprint density at radius 2 is 1.65 bits per heavy atom. The molecule has 2 saturated heterocycles. The molecule has 0 spiro atoms. The molecular formula is C23H34ClN3O3S. The second-order valence-electron chi connectivity index (χ2n) is 9.20. The number of sulfonamides is 1. The monoisotopic (exact) mass is 467 g/mol. The average Bonchev–Trinajstić information content (AvgIpc) is 3.23. The summed E-state index contributed by atoms with van der Waals surface area (Å²) in [6, 6.07) is 4.54. The van der Waals surface area contributed by atoms with E-state index >= 15 is 0 Å². The van der Waals surface area contributed by atoms with E-state index in [2.05, 4.69) is 4.90 Å². The number of hydrogen-bond donors (Lipinski definition) is 0. The van der Waals surface area contributed by atoms with Gasteiger partial charge in [0.2, 0.25) is 10.0 Å². The van der Waals surface area contributed by atoms with Gasteiger partial charge in [-0.3, -0.25) is 4.79 Å². The summed E-state index contributed by atoms with van der Waals surface area (Å²) in [7, 11) is -3.58. The van der Waals surface area contributed by atoms with Crippen molar-refractivity contribution in [3.05, 3.63) is 28.8 Å². The maximum absolute atomic E-state index is 13.3. The standard InChI is InChI=1S/C23H34ClN3O3S/c24-22-10-9-20(31(29,30)27-13-4-5-14-27)17-21(22)23(28)26-12-6-11-25(15-16-26)18-19-7-2-1-3-8-19/h9-10,17,19H,1-8,11-16,18H2. The molecule has 4 rings (SSSR count). The first-order valence-electron chi connectivity index (χ1n) is 11.8. The fourth-order valence-corrected chi connectivity index (χ4v) is 6.91. The SMILES string of the molecule is O=C(c1cc(S(=O)(=O)N2CCCC2)ccc1Cl)N1CCCN(CC2CCCCC2)CC1. The normalized spacial score (nSPS) is 22.5. The Hall–Kier alpha value is -1.15. The number of carbonyl (C=O) groups excluding carboxylic acids is 1. The van der Waals surface area contributed by atoms with Crippen molar-refractivity contribution in [2.45, 2.75) is 56.3 Å². The van der Waals surface area contributed by atoms with Gasteiger partial charge < -0.3 is 9.80 Å². The van der Waals surface area contributed by atoms with Crippen molar-refractivity contribution in [2.75, 3.05) is 45.8 Å². The molecule has 8 heteroatoms. The summed E-state index contributed by atoms with van der Waals surface area (Å²) < 4.78 is 27.4. The van der Waals surface area contributed by atoms with Crippen LogP contribution in [0, 0.1) is 5.92 Å². The van der Waals surface area contributed by atoms with Gasteiger partial charge in [-0.2, -0.15) is 4.31 Å². The van der Waals surface area contributed by atoms with Gasteiger partial charge in [-0.1, -0.05) is 30.9 Å². The molecule has 1 saturated carbocycles. The molecule has 2 aliphatic heterocycles. The molecule has 1 amide bonds. The molecule has 3 aliphatic rings. The molecule has 6 nitrogen and oxygen atoms in total. The van der Waals surface area contributed by atoms with Gasteiger partial charge in [-0.15, -0.1) is 0 Å². The Bertz CT molecular complexity index is 880. The van der Waals surface area contributed by atoms with E-state index in [1.807, 2.05) is 4.90 Å². The third-order valence-electron chi connectivity index (χ3n) is 6.99. The maximum Gasteiger partial charge on any atom is 0.255 e. The zero-order chi connectivity index (χ0) is 21.8. The molecule has 2 heterocycles. The highest BCUT2D eigenvalue weighted by Crippen LogP contribution is 2.27. The molecule has 172 valence electrons. The van der Waals surface area contributed by atoms with E-state index in [0.29, 0.717) is 36.8 Å². The van der Waals surface area contributed by atoms with Gasteiger partial charge in [-0.25, -0.2) is 8.42 Å². The van der Waals surface area contributed by atoms with Crippen LogP contribution >= 0.6 is 11.6 Å². The van der Waals surface area contributed by atoms with Crippen LogP contribution in [-0.2, 0) is 10.0 Å². The lowest BCUT2D eigenvalue weighted by Crippen LogP contribution is -2.37. The first-order chi connectivity index (χ1) is 14.9. The van der Waals surface area contributed by atoms with Crippen LogP contribution in [0.5, 0.6) is 0 Å². The van der Waals surface area contributed by atoms with Crippen LogP contribution in [0.25, 0.3) is 0 Å². The van der Waals surface area contributed by atoms with Crippen molar-refractivity contribution < 1.29 is 13.2 Å². The van der Waals surface area contributed by atoms with Gasteiger partial charge in [0.1, 0.15) is 0 Å². The van der Waals surface area contributed by atoms with Crippen molar-refractivity contribution in [1.29, 1.82) is 0 Å². The van der Waals surface area contributed by atoms with E-state index in [1.54, 1.807) is 6.07 Å². The minimum Gasteiger partial charge on any atom is -0.337 e. The van der Waals surface area contributed by atoms with Crippen molar-refractivity contribution in [3.8, 4) is 0 Å². The number of nitrogens with zero attached hydrogens (tertiary/aromatic N) is 3. The third-order valence-corrected chi connectivity index (χ3v) is 9.21. The van der Waals surface area contributed by atoms with Crippen LogP contribution < -0.4 is 0 Å². The first-order valence-corrected chi connectivity index (χ1v) is 13.6. The highest BCUT2D eigenvalue weighted by atomic mass is 35.5. The predicted octanol–water partition coefficient (Wildman–Crippen LogP) is 3.85. The number of benzene rings is 1. The molecule has 0 atom stereocenters. The lowest BCUT2D eigenvalue weighted by Gasteiger charge is -2.29. The molecular weight excluding hydrogens is 434 g/mol. The maximum atomic E-state index is 13.3. The summed E-state index contributed by atoms with van der Waals surface area (Å²) >= 11 is 6.35. The van der Waals surface area contributed by atoms with E-state index < -0.39 is 10.0 Å². The van der Waals surface area contributed by atoms with Gasteiger partial charge in [0.25, 0.3) is 5.91 Å². The molecule has 0 radical (unpaired) electrons. The average molecular weight is 468 g/mol. The topological polar surface area (TPSA) is 60.9 Å². The van der Waals surface area contributed by atoms with Crippen molar-refractivity contribution in [1.82, 2.24) is 14.1 Å². The van der Waals surface area contributed by atoms with Crippen LogP contribution in [0.15, 0.2) is 23.1 Å². The predicted molar refractivity (Wildman–Crippen MR) is 123 cm³/mol. The molecule has 0 N–H and O–H groups in total. The van der Waals surface area contributed by atoms with Gasteiger partial charge in [0.15, 0.2) is 0 Å². The summed E-state index contributed by atoms with van der Waals surface area (Å²) in [5.74, 6) is 0.626. The fraction of sp³-hybridized carbons (Fsp3) is 0.696. The molecule has 0 bridgehead atoms. The summed E-state index contributed by atoms with van der Waals surface area (Å²) in [6.45, 7) is 5.42. The Kier molecular flexibility index (Phi) is 7.57. The van der Waals surface area contributed by atoms with Crippen molar-refractivity contribution in [2.24, 2.45) is 5.92 Å². The zero-order valence-corrected chi connectivity index (χ0v) is 19.8. The fourth-order valence-electron chi connectivity index (χ4n) is 5.17. The minimum atomic E-state index is -3.58. The quantitative estimate of drug-likeness (QED) is 0.659. The second-order valence-corrected chi connectivity index (χ2v) is 11.5. The van der Waals surface area contributed by atoms with E-state index in [-0.39, 0.29) is 10.8 Å². The van der Waals surface area contributed by atoms with Crippen LogP contribution in [0.2, 0.25) is 5.02 Å². The highest BCUT2D eigenvalue weighted by Gasteiger charge is 2.30. The van der Waals surface area contributed by atoms with Crippen LogP contribution in [-0.4, -0.2) is 74.2 Å². The number of carbonyl (C=O) groups is 1. The number of amides is 1. The Balaban J connectivity index is 1.44. The number of rotatable bonds is 5. The molecule has 0 unspecified atom stereocenters. The largest absolute Gasteiger partial charge is 0.337 e. The van der Waals surface area contributed by atoms with E-state index in [4.69, 9.17) is 11.6 Å². The van der Waals surface area contributed by atoms with Crippen LogP contribution in [0.1, 0.15) is 61.7 Å². The van der Waals surface area contributed by atoms with Crippen molar-refractivity contribution in [3.63, 3.8) is 0 Å². The summed E-state index contributed by atoms with van der Waals surface area (Å²) in [6.07, 6.45) is 9.40. The van der Waals surface area contributed by atoms with Crippen LogP contribution in [0.4, 0.5) is 0 Å². The number of halogens is 1. The minimum absolute atomic E-state index is 0.163. The third kappa shape index (κ3) is 5.44. The number of hydrogen-bond acceptors (Lipinski definition) is 4. The second kappa shape index (κ2) is 10.2. The summed E-state index contributed by atoms with van der Waals surface area (Å²) in [4.78, 5) is 17.8. The van der Waals surface area contributed by atoms with Gasteiger partial charge >= 0.3 is 0 Å². The Labute approximate surface area is 191 Å². The lowest BCUT2D eigenvalue weighted by molar-refractivity contribution is 0.0760. The van der Waals surface area contributed by atoms with Crippen molar-refractivity contribution >= 4 is 27.5 Å². The van der Waals surface area contributed by atoms with E-state index in [0.717, 1.165) is 44.8 Å². The van der Waals surface area contributed by atoms with E-state index in [1.165, 1.54) is 48.5 Å².